The lowest BCUT2D eigenvalue weighted by atomic mass is 10.2. The number of fused-ring (bicyclic) bond motifs is 1. The van der Waals surface area contributed by atoms with Crippen molar-refractivity contribution in [2.45, 2.75) is 12.5 Å². The lowest BCUT2D eigenvalue weighted by Gasteiger charge is -2.24. The lowest BCUT2D eigenvalue weighted by Crippen LogP contribution is -2.39. The Hall–Kier alpha value is -2.23. The molecule has 0 spiro atoms. The molecular formula is C18H21F2N3O3S. The third kappa shape index (κ3) is 3.50. The van der Waals surface area contributed by atoms with Gasteiger partial charge in [-0.15, -0.1) is 0 Å². The van der Waals surface area contributed by atoms with Crippen molar-refractivity contribution >= 4 is 27.3 Å². The quantitative estimate of drug-likeness (QED) is 0.781. The molecule has 2 aromatic carbocycles. The van der Waals surface area contributed by atoms with Crippen LogP contribution in [0, 0.1) is 11.6 Å². The Balaban J connectivity index is 2.03. The Morgan fingerprint density at radius 1 is 1.07 bits per heavy atom. The second-order valence-electron chi connectivity index (χ2n) is 6.11. The van der Waals surface area contributed by atoms with Gasteiger partial charge in [-0.05, 0) is 37.7 Å². The molecule has 0 amide bonds. The maximum absolute atomic E-state index is 14.3. The first kappa shape index (κ1) is 19.5. The van der Waals surface area contributed by atoms with Gasteiger partial charge in [-0.3, -0.25) is 4.31 Å². The number of hydrogen-bond acceptors (Lipinski definition) is 4. The number of anilines is 3. The fraction of sp³-hybridized carbons (Fsp3) is 0.333. The SMILES string of the molecule is CNC[C@H](CCN1c2ccccc2N(c2c(F)cccc2F)S1(=O)=O)OC. The van der Waals surface area contributed by atoms with Crippen LogP contribution in [0.2, 0.25) is 0 Å². The molecule has 1 atom stereocenters. The van der Waals surface area contributed by atoms with E-state index in [2.05, 4.69) is 5.32 Å². The van der Waals surface area contributed by atoms with Crippen LogP contribution in [0.5, 0.6) is 0 Å². The monoisotopic (exact) mass is 397 g/mol. The molecule has 1 heterocycles. The van der Waals surface area contributed by atoms with E-state index in [1.807, 2.05) is 0 Å². The number of para-hydroxylation sites is 3. The fourth-order valence-electron chi connectivity index (χ4n) is 3.14. The van der Waals surface area contributed by atoms with Crippen molar-refractivity contribution in [1.29, 1.82) is 0 Å². The van der Waals surface area contributed by atoms with Gasteiger partial charge in [-0.2, -0.15) is 8.42 Å². The summed E-state index contributed by atoms with van der Waals surface area (Å²) in [7, 11) is -0.868. The Labute approximate surface area is 157 Å². The van der Waals surface area contributed by atoms with Crippen molar-refractivity contribution in [3.8, 4) is 0 Å². The zero-order chi connectivity index (χ0) is 19.6. The minimum atomic E-state index is -4.19. The molecule has 0 saturated heterocycles. The second-order valence-corrected chi connectivity index (χ2v) is 7.81. The minimum Gasteiger partial charge on any atom is -0.380 e. The first-order chi connectivity index (χ1) is 12.9. The summed E-state index contributed by atoms with van der Waals surface area (Å²) in [5.41, 5.74) is -0.0190. The first-order valence-electron chi connectivity index (χ1n) is 8.45. The van der Waals surface area contributed by atoms with E-state index in [9.17, 15) is 17.2 Å². The third-order valence-corrected chi connectivity index (χ3v) is 6.22. The van der Waals surface area contributed by atoms with Crippen LogP contribution in [0.4, 0.5) is 25.8 Å². The Morgan fingerprint density at radius 2 is 1.70 bits per heavy atom. The van der Waals surface area contributed by atoms with E-state index in [4.69, 9.17) is 4.74 Å². The van der Waals surface area contributed by atoms with E-state index in [0.29, 0.717) is 18.7 Å². The molecule has 1 N–H and O–H groups in total. The van der Waals surface area contributed by atoms with Gasteiger partial charge in [-0.25, -0.2) is 13.1 Å². The molecule has 146 valence electrons. The minimum absolute atomic E-state index is 0.117. The van der Waals surface area contributed by atoms with Gasteiger partial charge >= 0.3 is 10.2 Å². The summed E-state index contributed by atoms with van der Waals surface area (Å²) in [5.74, 6) is -1.89. The fourth-order valence-corrected chi connectivity index (χ4v) is 4.89. The number of rotatable bonds is 7. The molecule has 0 saturated carbocycles. The van der Waals surface area contributed by atoms with Gasteiger partial charge in [0.2, 0.25) is 0 Å². The number of benzene rings is 2. The third-order valence-electron chi connectivity index (χ3n) is 4.44. The number of likely N-dealkylation sites (N-methyl/N-ethyl adjacent to an activating group) is 1. The van der Waals surface area contributed by atoms with Crippen LogP contribution in [0.3, 0.4) is 0 Å². The summed E-state index contributed by atoms with van der Waals surface area (Å²) >= 11 is 0. The van der Waals surface area contributed by atoms with Crippen LogP contribution in [-0.4, -0.2) is 41.8 Å². The van der Waals surface area contributed by atoms with Crippen molar-refractivity contribution in [2.24, 2.45) is 0 Å². The molecule has 2 aromatic rings. The second kappa shape index (κ2) is 7.79. The van der Waals surface area contributed by atoms with Crippen LogP contribution < -0.4 is 13.9 Å². The number of ether oxygens (including phenoxy) is 1. The average Bonchev–Trinajstić information content (AvgIpc) is 2.86. The van der Waals surface area contributed by atoms with E-state index in [0.717, 1.165) is 20.7 Å². The maximum Gasteiger partial charge on any atom is 0.331 e. The van der Waals surface area contributed by atoms with Gasteiger partial charge in [-0.1, -0.05) is 18.2 Å². The first-order valence-corrected chi connectivity index (χ1v) is 9.85. The molecule has 0 bridgehead atoms. The molecule has 0 radical (unpaired) electrons. The predicted octanol–water partition coefficient (Wildman–Crippen LogP) is 2.79. The van der Waals surface area contributed by atoms with Crippen LogP contribution >= 0.6 is 0 Å². The zero-order valence-corrected chi connectivity index (χ0v) is 15.8. The number of nitrogens with zero attached hydrogens (tertiary/aromatic N) is 2. The van der Waals surface area contributed by atoms with E-state index in [1.165, 1.54) is 12.1 Å². The van der Waals surface area contributed by atoms with E-state index >= 15 is 0 Å². The highest BCUT2D eigenvalue weighted by Gasteiger charge is 2.43. The molecular weight excluding hydrogens is 376 g/mol. The Morgan fingerprint density at radius 3 is 2.30 bits per heavy atom. The van der Waals surface area contributed by atoms with Crippen molar-refractivity contribution in [3.05, 3.63) is 54.1 Å². The van der Waals surface area contributed by atoms with Crippen molar-refractivity contribution < 1.29 is 21.9 Å². The summed E-state index contributed by atoms with van der Waals surface area (Å²) < 4.78 is 62.3. The largest absolute Gasteiger partial charge is 0.380 e. The lowest BCUT2D eigenvalue weighted by molar-refractivity contribution is 0.0985. The van der Waals surface area contributed by atoms with Gasteiger partial charge in [0.1, 0.15) is 5.69 Å². The molecule has 0 unspecified atom stereocenters. The topological polar surface area (TPSA) is 61.9 Å². The van der Waals surface area contributed by atoms with Gasteiger partial charge in [0.05, 0.1) is 17.5 Å². The zero-order valence-electron chi connectivity index (χ0n) is 15.0. The normalized spacial score (nSPS) is 16.4. The highest BCUT2D eigenvalue weighted by atomic mass is 32.2. The standard InChI is InChI=1S/C18H21F2N3O3S/c1-21-12-13(26-2)10-11-22-16-8-3-4-9-17(16)23(27(22,24)25)18-14(19)6-5-7-15(18)20/h3-9,13,21H,10-12H2,1-2H3/t13-/m0/s1. The summed E-state index contributed by atoms with van der Waals surface area (Å²) in [4.78, 5) is 0. The number of hydrogen-bond donors (Lipinski definition) is 1. The van der Waals surface area contributed by atoms with Crippen molar-refractivity contribution in [3.63, 3.8) is 0 Å². The van der Waals surface area contributed by atoms with Crippen LogP contribution in [0.25, 0.3) is 0 Å². The van der Waals surface area contributed by atoms with Gasteiger partial charge in [0, 0.05) is 20.2 Å². The van der Waals surface area contributed by atoms with Crippen LogP contribution in [0.15, 0.2) is 42.5 Å². The van der Waals surface area contributed by atoms with E-state index in [1.54, 1.807) is 32.4 Å². The summed E-state index contributed by atoms with van der Waals surface area (Å²) in [6, 6.07) is 9.72. The Kier molecular flexibility index (Phi) is 5.64. The van der Waals surface area contributed by atoms with E-state index < -0.39 is 27.5 Å². The molecule has 3 rings (SSSR count). The smallest absolute Gasteiger partial charge is 0.331 e. The van der Waals surface area contributed by atoms with E-state index in [-0.39, 0.29) is 18.3 Å². The molecule has 0 aliphatic carbocycles. The molecule has 6 nitrogen and oxygen atoms in total. The number of nitrogens with one attached hydrogen (secondary N) is 1. The molecule has 0 fully saturated rings. The molecule has 9 heteroatoms. The summed E-state index contributed by atoms with van der Waals surface area (Å²) in [5, 5.41) is 2.98. The average molecular weight is 397 g/mol. The van der Waals surface area contributed by atoms with Gasteiger partial charge in [0.25, 0.3) is 0 Å². The van der Waals surface area contributed by atoms with Crippen molar-refractivity contribution in [1.82, 2.24) is 5.32 Å². The highest BCUT2D eigenvalue weighted by Crippen LogP contribution is 2.46. The van der Waals surface area contributed by atoms with Crippen LogP contribution in [-0.2, 0) is 14.9 Å². The van der Waals surface area contributed by atoms with Crippen molar-refractivity contribution in [2.75, 3.05) is 35.9 Å². The molecule has 27 heavy (non-hydrogen) atoms. The molecule has 1 aliphatic rings. The molecule has 1 aliphatic heterocycles. The predicted molar refractivity (Wildman–Crippen MR) is 101 cm³/mol. The van der Waals surface area contributed by atoms with Gasteiger partial charge < -0.3 is 10.1 Å². The number of halogens is 2. The van der Waals surface area contributed by atoms with Gasteiger partial charge in [0.15, 0.2) is 11.6 Å². The maximum atomic E-state index is 14.3. The molecule has 0 aromatic heterocycles. The highest BCUT2D eigenvalue weighted by molar-refractivity contribution is 7.95. The Bertz CT molecular complexity index is 904. The summed E-state index contributed by atoms with van der Waals surface area (Å²) in [6.07, 6.45) is 0.218. The van der Waals surface area contributed by atoms with Crippen LogP contribution in [0.1, 0.15) is 6.42 Å². The number of methoxy groups -OCH3 is 1. The summed E-state index contributed by atoms with van der Waals surface area (Å²) in [6.45, 7) is 0.670.